The summed E-state index contributed by atoms with van der Waals surface area (Å²) in [5.74, 6) is 0. The quantitative estimate of drug-likeness (QED) is 0.442. The van der Waals surface area contributed by atoms with Crippen molar-refractivity contribution in [1.29, 1.82) is 0 Å². The van der Waals surface area contributed by atoms with Crippen molar-refractivity contribution in [2.24, 2.45) is 0 Å². The monoisotopic (exact) mass is 464 g/mol. The summed E-state index contributed by atoms with van der Waals surface area (Å²) >= 11 is 0. The number of hydrogen-bond donors (Lipinski definition) is 0. The molecule has 4 aromatic carbocycles. The van der Waals surface area contributed by atoms with Crippen LogP contribution >= 0.6 is 0 Å². The van der Waals surface area contributed by atoms with Gasteiger partial charge in [0.15, 0.2) is 0 Å². The Hall–Kier alpha value is -2.78. The fourth-order valence-corrected chi connectivity index (χ4v) is 2.31. The first-order chi connectivity index (χ1) is 12.9. The summed E-state index contributed by atoms with van der Waals surface area (Å²) in [5, 5.41) is 8.88. The molecule has 0 saturated carbocycles. The molecule has 0 heterocycles. The van der Waals surface area contributed by atoms with Gasteiger partial charge < -0.3 is 20.0 Å². The molecule has 144 valence electrons. The van der Waals surface area contributed by atoms with Gasteiger partial charge in [-0.15, -0.1) is 22.7 Å². The van der Waals surface area contributed by atoms with Crippen molar-refractivity contribution in [3.8, 4) is 0 Å². The summed E-state index contributed by atoms with van der Waals surface area (Å²) in [6.07, 6.45) is 0. The maximum Gasteiger partial charge on any atom is 4.00 e. The molecule has 4 aromatic rings. The SMILES string of the molecule is [F-].[F-].[Zr+4].c1ccc([N-]c2ccccc2)cc1.c1ccc([N-]c2ccccc2)cc1. The third kappa shape index (κ3) is 9.82. The normalized spacial score (nSPS) is 8.55. The van der Waals surface area contributed by atoms with E-state index < -0.39 is 0 Å². The first-order valence-corrected chi connectivity index (χ1v) is 8.54. The molecular formula is C24H20F2N2Zr. The van der Waals surface area contributed by atoms with Crippen LogP contribution in [-0.2, 0) is 26.2 Å². The molecule has 0 spiro atoms. The number of nitrogens with zero attached hydrogens (tertiary/aromatic N) is 2. The molecule has 0 aliphatic carbocycles. The summed E-state index contributed by atoms with van der Waals surface area (Å²) in [6.45, 7) is 0. The molecular weight excluding hydrogens is 445 g/mol. The van der Waals surface area contributed by atoms with Gasteiger partial charge in [-0.1, -0.05) is 121 Å². The Morgan fingerprint density at radius 2 is 0.483 bits per heavy atom. The minimum Gasteiger partial charge on any atom is -1.00 e. The molecule has 0 amide bonds. The van der Waals surface area contributed by atoms with E-state index in [0.29, 0.717) is 0 Å². The van der Waals surface area contributed by atoms with Gasteiger partial charge in [0.05, 0.1) is 0 Å². The van der Waals surface area contributed by atoms with Gasteiger partial charge in [-0.2, -0.15) is 0 Å². The van der Waals surface area contributed by atoms with Crippen LogP contribution < -0.4 is 9.41 Å². The Morgan fingerprint density at radius 3 is 0.655 bits per heavy atom. The Labute approximate surface area is 189 Å². The molecule has 0 atom stereocenters. The van der Waals surface area contributed by atoms with Crippen LogP contribution in [0.25, 0.3) is 10.6 Å². The number of hydrogen-bond acceptors (Lipinski definition) is 0. The maximum atomic E-state index is 4.44. The van der Waals surface area contributed by atoms with Crippen molar-refractivity contribution < 1.29 is 35.6 Å². The number of benzene rings is 4. The van der Waals surface area contributed by atoms with E-state index in [1.165, 1.54) is 0 Å². The smallest absolute Gasteiger partial charge is 1.00 e. The average Bonchev–Trinajstić information content (AvgIpc) is 2.72. The second-order valence-corrected chi connectivity index (χ2v) is 5.57. The van der Waals surface area contributed by atoms with Gasteiger partial charge in [-0.3, -0.25) is 0 Å². The van der Waals surface area contributed by atoms with Gasteiger partial charge in [0.1, 0.15) is 0 Å². The largest absolute Gasteiger partial charge is 4.00 e. The van der Waals surface area contributed by atoms with Gasteiger partial charge in [0.2, 0.25) is 0 Å². The van der Waals surface area contributed by atoms with Gasteiger partial charge in [0, 0.05) is 0 Å². The topological polar surface area (TPSA) is 28.2 Å². The first kappa shape index (κ1) is 26.2. The molecule has 0 bridgehead atoms. The predicted octanol–water partition coefficient (Wildman–Crippen LogP) is 2.05. The van der Waals surface area contributed by atoms with Crippen LogP contribution in [0.2, 0.25) is 0 Å². The molecule has 0 aliphatic heterocycles. The average molecular weight is 466 g/mol. The molecule has 0 aromatic heterocycles. The van der Waals surface area contributed by atoms with Crippen molar-refractivity contribution in [3.63, 3.8) is 0 Å². The Balaban J connectivity index is 0.000000490. The Kier molecular flexibility index (Phi) is 13.7. The molecule has 4 rings (SSSR count). The van der Waals surface area contributed by atoms with E-state index in [9.17, 15) is 0 Å². The fourth-order valence-electron chi connectivity index (χ4n) is 2.31. The molecule has 0 unspecified atom stereocenters. The van der Waals surface area contributed by atoms with Crippen molar-refractivity contribution >= 4 is 22.7 Å². The minimum absolute atomic E-state index is 0. The minimum atomic E-state index is 0. The van der Waals surface area contributed by atoms with E-state index in [2.05, 4.69) is 10.6 Å². The van der Waals surface area contributed by atoms with E-state index in [1.807, 2.05) is 121 Å². The molecule has 0 aliphatic rings. The molecule has 29 heavy (non-hydrogen) atoms. The van der Waals surface area contributed by atoms with Crippen LogP contribution in [0.15, 0.2) is 121 Å². The van der Waals surface area contributed by atoms with Crippen molar-refractivity contribution in [1.82, 2.24) is 0 Å². The van der Waals surface area contributed by atoms with E-state index in [0.717, 1.165) is 22.7 Å². The molecule has 0 fully saturated rings. The van der Waals surface area contributed by atoms with Crippen LogP contribution in [0.1, 0.15) is 0 Å². The van der Waals surface area contributed by atoms with E-state index in [4.69, 9.17) is 0 Å². The zero-order valence-corrected chi connectivity index (χ0v) is 18.2. The van der Waals surface area contributed by atoms with Gasteiger partial charge in [-0.25, -0.2) is 0 Å². The van der Waals surface area contributed by atoms with Crippen LogP contribution in [0.4, 0.5) is 22.7 Å². The standard InChI is InChI=1S/2C12H10N.2FH.Zr/c2*1-3-7-11(8-4-1)13-12-9-5-2-6-10-12;;;/h2*1-10H;2*1H;/q2*-1;;;+4/p-2. The van der Waals surface area contributed by atoms with Crippen LogP contribution in [-0.4, -0.2) is 0 Å². The molecule has 5 heteroatoms. The summed E-state index contributed by atoms with van der Waals surface area (Å²) in [6, 6.07) is 39.8. The third-order valence-corrected chi connectivity index (χ3v) is 3.54. The van der Waals surface area contributed by atoms with E-state index in [-0.39, 0.29) is 35.6 Å². The summed E-state index contributed by atoms with van der Waals surface area (Å²) in [5.41, 5.74) is 3.98. The fraction of sp³-hybridized carbons (Fsp3) is 0. The van der Waals surface area contributed by atoms with Crippen LogP contribution in [0.5, 0.6) is 0 Å². The maximum absolute atomic E-state index is 4.44. The van der Waals surface area contributed by atoms with E-state index in [1.54, 1.807) is 0 Å². The summed E-state index contributed by atoms with van der Waals surface area (Å²) in [4.78, 5) is 0. The molecule has 0 N–H and O–H groups in total. The van der Waals surface area contributed by atoms with Crippen molar-refractivity contribution in [2.45, 2.75) is 0 Å². The second-order valence-electron chi connectivity index (χ2n) is 5.57. The van der Waals surface area contributed by atoms with Gasteiger partial charge in [0.25, 0.3) is 0 Å². The van der Waals surface area contributed by atoms with Gasteiger partial charge in [-0.05, 0) is 0 Å². The van der Waals surface area contributed by atoms with Crippen molar-refractivity contribution in [3.05, 3.63) is 132 Å². The summed E-state index contributed by atoms with van der Waals surface area (Å²) < 4.78 is 0. The first-order valence-electron chi connectivity index (χ1n) is 8.54. The number of para-hydroxylation sites is 4. The van der Waals surface area contributed by atoms with Crippen LogP contribution in [0, 0.1) is 0 Å². The second kappa shape index (κ2) is 15.2. The van der Waals surface area contributed by atoms with Gasteiger partial charge >= 0.3 is 26.2 Å². The molecule has 0 saturated heterocycles. The number of rotatable bonds is 4. The zero-order chi connectivity index (χ0) is 17.9. The van der Waals surface area contributed by atoms with Crippen LogP contribution in [0.3, 0.4) is 0 Å². The summed E-state index contributed by atoms with van der Waals surface area (Å²) in [7, 11) is 0. The Morgan fingerprint density at radius 1 is 0.310 bits per heavy atom. The number of halogens is 2. The Bertz CT molecular complexity index is 725. The van der Waals surface area contributed by atoms with E-state index >= 15 is 0 Å². The van der Waals surface area contributed by atoms with Crippen molar-refractivity contribution in [2.75, 3.05) is 0 Å². The molecule has 2 nitrogen and oxygen atoms in total. The third-order valence-electron chi connectivity index (χ3n) is 3.54. The molecule has 0 radical (unpaired) electrons. The zero-order valence-electron chi connectivity index (χ0n) is 15.7. The predicted molar refractivity (Wildman–Crippen MR) is 111 cm³/mol.